The summed E-state index contributed by atoms with van der Waals surface area (Å²) in [5.41, 5.74) is 0.612. The SMILES string of the molecule is COC(=O)[C@H](C)N(C(=O)c1ccc2ccccc2c1)C1CC1. The number of hydrogen-bond donors (Lipinski definition) is 0. The number of fused-ring (bicyclic) bond motifs is 1. The number of benzene rings is 2. The second-order valence-corrected chi connectivity index (χ2v) is 5.70. The van der Waals surface area contributed by atoms with E-state index in [1.165, 1.54) is 7.11 Å². The fourth-order valence-electron chi connectivity index (χ4n) is 2.77. The molecule has 1 saturated carbocycles. The van der Waals surface area contributed by atoms with E-state index < -0.39 is 6.04 Å². The topological polar surface area (TPSA) is 46.6 Å². The van der Waals surface area contributed by atoms with Gasteiger partial charge in [0.05, 0.1) is 7.11 Å². The summed E-state index contributed by atoms with van der Waals surface area (Å²) in [6.07, 6.45) is 1.89. The largest absolute Gasteiger partial charge is 0.467 e. The smallest absolute Gasteiger partial charge is 0.328 e. The van der Waals surface area contributed by atoms with E-state index in [9.17, 15) is 9.59 Å². The molecule has 0 N–H and O–H groups in total. The first-order valence-corrected chi connectivity index (χ1v) is 7.51. The third-order valence-corrected chi connectivity index (χ3v) is 4.13. The molecule has 1 amide bonds. The van der Waals surface area contributed by atoms with Gasteiger partial charge in [-0.25, -0.2) is 4.79 Å². The predicted molar refractivity (Wildman–Crippen MR) is 84.6 cm³/mol. The Balaban J connectivity index is 1.93. The third-order valence-electron chi connectivity index (χ3n) is 4.13. The first-order valence-electron chi connectivity index (χ1n) is 7.51. The minimum Gasteiger partial charge on any atom is -0.467 e. The van der Waals surface area contributed by atoms with Crippen molar-refractivity contribution < 1.29 is 14.3 Å². The van der Waals surface area contributed by atoms with Gasteiger partial charge in [-0.2, -0.15) is 0 Å². The Morgan fingerprint density at radius 1 is 1.14 bits per heavy atom. The van der Waals surface area contributed by atoms with Crippen LogP contribution in [0.2, 0.25) is 0 Å². The Bertz CT molecular complexity index is 721. The maximum Gasteiger partial charge on any atom is 0.328 e. The summed E-state index contributed by atoms with van der Waals surface area (Å²) in [6.45, 7) is 1.73. The van der Waals surface area contributed by atoms with E-state index in [-0.39, 0.29) is 17.9 Å². The van der Waals surface area contributed by atoms with Gasteiger partial charge in [0.25, 0.3) is 5.91 Å². The lowest BCUT2D eigenvalue weighted by Crippen LogP contribution is -2.45. The first kappa shape index (κ1) is 14.6. The fourth-order valence-corrected chi connectivity index (χ4v) is 2.77. The Hall–Kier alpha value is -2.36. The zero-order chi connectivity index (χ0) is 15.7. The molecular weight excluding hydrogens is 278 g/mol. The Morgan fingerprint density at radius 3 is 2.45 bits per heavy atom. The second kappa shape index (κ2) is 5.79. The van der Waals surface area contributed by atoms with Crippen molar-refractivity contribution in [3.8, 4) is 0 Å². The van der Waals surface area contributed by atoms with Gasteiger partial charge in [0.15, 0.2) is 0 Å². The van der Waals surface area contributed by atoms with Crippen molar-refractivity contribution in [3.05, 3.63) is 48.0 Å². The summed E-state index contributed by atoms with van der Waals surface area (Å²) in [6, 6.07) is 13.2. The Morgan fingerprint density at radius 2 is 1.82 bits per heavy atom. The van der Waals surface area contributed by atoms with E-state index in [2.05, 4.69) is 0 Å². The highest BCUT2D eigenvalue weighted by Crippen LogP contribution is 2.31. The van der Waals surface area contributed by atoms with Crippen molar-refractivity contribution in [2.75, 3.05) is 7.11 Å². The predicted octanol–water partition coefficient (Wildman–Crippen LogP) is 3.01. The fraction of sp³-hybridized carbons (Fsp3) is 0.333. The van der Waals surface area contributed by atoms with Gasteiger partial charge in [-0.3, -0.25) is 4.79 Å². The first-order chi connectivity index (χ1) is 10.6. The van der Waals surface area contributed by atoms with Crippen molar-refractivity contribution in [2.24, 2.45) is 0 Å². The quantitative estimate of drug-likeness (QED) is 0.815. The van der Waals surface area contributed by atoms with Gasteiger partial charge in [0.1, 0.15) is 6.04 Å². The molecule has 114 valence electrons. The molecule has 1 aliphatic rings. The summed E-state index contributed by atoms with van der Waals surface area (Å²) in [5, 5.41) is 2.12. The molecule has 2 aromatic carbocycles. The van der Waals surface area contributed by atoms with Crippen LogP contribution in [0.15, 0.2) is 42.5 Å². The van der Waals surface area contributed by atoms with Gasteiger partial charge in [-0.1, -0.05) is 30.3 Å². The van der Waals surface area contributed by atoms with Crippen molar-refractivity contribution in [3.63, 3.8) is 0 Å². The van der Waals surface area contributed by atoms with E-state index >= 15 is 0 Å². The molecule has 22 heavy (non-hydrogen) atoms. The molecule has 0 radical (unpaired) electrons. The van der Waals surface area contributed by atoms with Gasteiger partial charge >= 0.3 is 5.97 Å². The van der Waals surface area contributed by atoms with Crippen LogP contribution >= 0.6 is 0 Å². The van der Waals surface area contributed by atoms with E-state index in [1.807, 2.05) is 42.5 Å². The number of amides is 1. The van der Waals surface area contributed by atoms with Gasteiger partial charge in [0, 0.05) is 11.6 Å². The maximum atomic E-state index is 12.8. The molecule has 4 nitrogen and oxygen atoms in total. The number of esters is 1. The molecule has 0 aliphatic heterocycles. The lowest BCUT2D eigenvalue weighted by molar-refractivity contribution is -0.145. The highest BCUT2D eigenvalue weighted by atomic mass is 16.5. The molecule has 0 spiro atoms. The van der Waals surface area contributed by atoms with Crippen LogP contribution in [0, 0.1) is 0 Å². The molecule has 0 bridgehead atoms. The van der Waals surface area contributed by atoms with Crippen molar-refractivity contribution in [1.29, 1.82) is 0 Å². The number of nitrogens with zero attached hydrogens (tertiary/aromatic N) is 1. The summed E-state index contributed by atoms with van der Waals surface area (Å²) in [4.78, 5) is 26.3. The minimum atomic E-state index is -0.559. The van der Waals surface area contributed by atoms with Crippen LogP contribution in [-0.2, 0) is 9.53 Å². The van der Waals surface area contributed by atoms with Gasteiger partial charge in [0.2, 0.25) is 0 Å². The molecule has 1 fully saturated rings. The number of ether oxygens (including phenoxy) is 1. The summed E-state index contributed by atoms with van der Waals surface area (Å²) < 4.78 is 4.79. The van der Waals surface area contributed by atoms with Gasteiger partial charge in [-0.15, -0.1) is 0 Å². The third kappa shape index (κ3) is 2.69. The van der Waals surface area contributed by atoms with Crippen molar-refractivity contribution in [1.82, 2.24) is 4.90 Å². The van der Waals surface area contributed by atoms with Crippen molar-refractivity contribution in [2.45, 2.75) is 31.8 Å². The van der Waals surface area contributed by atoms with Gasteiger partial charge < -0.3 is 9.64 Å². The molecule has 0 saturated heterocycles. The summed E-state index contributed by atoms with van der Waals surface area (Å²) >= 11 is 0. The van der Waals surface area contributed by atoms with E-state index in [1.54, 1.807) is 11.8 Å². The van der Waals surface area contributed by atoms with Crippen molar-refractivity contribution >= 4 is 22.6 Å². The number of rotatable bonds is 4. The lowest BCUT2D eigenvalue weighted by atomic mass is 10.1. The molecule has 3 rings (SSSR count). The molecule has 4 heteroatoms. The minimum absolute atomic E-state index is 0.105. The van der Waals surface area contributed by atoms with E-state index in [0.29, 0.717) is 5.56 Å². The number of hydrogen-bond acceptors (Lipinski definition) is 3. The standard InChI is InChI=1S/C18H19NO3/c1-12(18(21)22-2)19(16-9-10-16)17(20)15-8-7-13-5-3-4-6-14(13)11-15/h3-8,11-12,16H,9-10H2,1-2H3/t12-/m0/s1. The zero-order valence-electron chi connectivity index (χ0n) is 12.8. The highest BCUT2D eigenvalue weighted by Gasteiger charge is 2.39. The van der Waals surface area contributed by atoms with Gasteiger partial charge in [-0.05, 0) is 42.7 Å². The molecular formula is C18H19NO3. The highest BCUT2D eigenvalue weighted by molar-refractivity contribution is 6.00. The van der Waals surface area contributed by atoms with E-state index in [4.69, 9.17) is 4.74 Å². The maximum absolute atomic E-state index is 12.8. The Kier molecular flexibility index (Phi) is 3.84. The van der Waals surface area contributed by atoms with Crippen LogP contribution in [-0.4, -0.2) is 36.0 Å². The van der Waals surface area contributed by atoms with Crippen LogP contribution in [0.3, 0.4) is 0 Å². The number of carbonyl (C=O) groups is 2. The molecule has 1 atom stereocenters. The number of carbonyl (C=O) groups excluding carboxylic acids is 2. The average molecular weight is 297 g/mol. The second-order valence-electron chi connectivity index (χ2n) is 5.70. The van der Waals surface area contributed by atoms with Crippen LogP contribution < -0.4 is 0 Å². The molecule has 2 aromatic rings. The van der Waals surface area contributed by atoms with Crippen LogP contribution in [0.5, 0.6) is 0 Å². The molecule has 0 unspecified atom stereocenters. The van der Waals surface area contributed by atoms with E-state index in [0.717, 1.165) is 23.6 Å². The molecule has 0 heterocycles. The average Bonchev–Trinajstić information content (AvgIpc) is 3.38. The zero-order valence-corrected chi connectivity index (χ0v) is 12.8. The number of methoxy groups -OCH3 is 1. The molecule has 1 aliphatic carbocycles. The van der Waals surface area contributed by atoms with Crippen LogP contribution in [0.25, 0.3) is 10.8 Å². The monoisotopic (exact) mass is 297 g/mol. The van der Waals surface area contributed by atoms with Crippen LogP contribution in [0.4, 0.5) is 0 Å². The lowest BCUT2D eigenvalue weighted by Gasteiger charge is -2.27. The molecule has 0 aromatic heterocycles. The summed E-state index contributed by atoms with van der Waals surface area (Å²) in [5.74, 6) is -0.479. The Labute approximate surface area is 129 Å². The summed E-state index contributed by atoms with van der Waals surface area (Å²) in [7, 11) is 1.35. The van der Waals surface area contributed by atoms with Crippen LogP contribution in [0.1, 0.15) is 30.1 Å². The normalized spacial score (nSPS) is 15.4.